The first-order valence-electron chi connectivity index (χ1n) is 9.33. The lowest BCUT2D eigenvalue weighted by Crippen LogP contribution is -2.36. The number of H-pyrrole nitrogens is 1. The summed E-state index contributed by atoms with van der Waals surface area (Å²) in [6.45, 7) is 3.92. The third-order valence-electron chi connectivity index (χ3n) is 5.23. The first kappa shape index (κ1) is 16.3. The van der Waals surface area contributed by atoms with Gasteiger partial charge in [0.05, 0.1) is 13.2 Å². The molecule has 8 nitrogen and oxygen atoms in total. The van der Waals surface area contributed by atoms with Crippen LogP contribution in [-0.2, 0) is 17.8 Å². The topological polar surface area (TPSA) is 87.5 Å². The Labute approximate surface area is 156 Å². The highest BCUT2D eigenvalue weighted by atomic mass is 16.5. The van der Waals surface area contributed by atoms with Gasteiger partial charge in [0.25, 0.3) is 11.9 Å². The Morgan fingerprint density at radius 2 is 2.07 bits per heavy atom. The largest absolute Gasteiger partial charge is 0.423 e. The molecule has 0 bridgehead atoms. The Kier molecular flexibility index (Phi) is 4.05. The molecule has 1 N–H and O–H groups in total. The lowest BCUT2D eigenvalue weighted by atomic mass is 10.1. The Hall–Kier alpha value is -2.87. The minimum Gasteiger partial charge on any atom is -0.423 e. The van der Waals surface area contributed by atoms with Crippen molar-refractivity contribution < 1.29 is 13.9 Å². The fraction of sp³-hybridized carbons (Fsp3) is 0.421. The molecule has 27 heavy (non-hydrogen) atoms. The molecule has 1 aromatic carbocycles. The van der Waals surface area contributed by atoms with Crippen LogP contribution in [0.15, 0.2) is 28.7 Å². The number of anilines is 1. The molecular formula is C19H21N5O3. The molecule has 140 valence electrons. The number of hydrogen-bond acceptors (Lipinski definition) is 6. The van der Waals surface area contributed by atoms with E-state index in [1.165, 1.54) is 0 Å². The van der Waals surface area contributed by atoms with Gasteiger partial charge >= 0.3 is 0 Å². The standard InChI is InChI=1S/C19H21N5O3/c25-18(17-13-12-26-11-6-14(13)21-22-17)23-7-3-8-24(10-9-23)19-20-15-4-1-2-5-16(15)27-19/h1-2,4-5H,3,6-12H2,(H,21,22). The van der Waals surface area contributed by atoms with E-state index in [0.29, 0.717) is 44.6 Å². The molecular weight excluding hydrogens is 346 g/mol. The molecule has 8 heteroatoms. The van der Waals surface area contributed by atoms with Crippen LogP contribution in [0.1, 0.15) is 28.2 Å². The smallest absolute Gasteiger partial charge is 0.298 e. The van der Waals surface area contributed by atoms with E-state index < -0.39 is 0 Å². The van der Waals surface area contributed by atoms with Crippen molar-refractivity contribution in [3.63, 3.8) is 0 Å². The third kappa shape index (κ3) is 2.95. The van der Waals surface area contributed by atoms with Gasteiger partial charge < -0.3 is 19.0 Å². The number of hydrogen-bond donors (Lipinski definition) is 1. The second-order valence-corrected chi connectivity index (χ2v) is 6.93. The predicted octanol–water partition coefficient (Wildman–Crippen LogP) is 1.98. The minimum atomic E-state index is -0.0302. The van der Waals surface area contributed by atoms with Crippen LogP contribution in [-0.4, -0.2) is 58.8 Å². The first-order valence-corrected chi connectivity index (χ1v) is 9.33. The quantitative estimate of drug-likeness (QED) is 0.745. The summed E-state index contributed by atoms with van der Waals surface area (Å²) in [6.07, 6.45) is 1.63. The highest BCUT2D eigenvalue weighted by Gasteiger charge is 2.28. The Balaban J connectivity index is 1.32. The van der Waals surface area contributed by atoms with Gasteiger partial charge in [-0.25, -0.2) is 0 Å². The van der Waals surface area contributed by atoms with Crippen LogP contribution in [0.25, 0.3) is 11.1 Å². The number of rotatable bonds is 2. The number of ether oxygens (including phenoxy) is 1. The van der Waals surface area contributed by atoms with E-state index in [0.717, 1.165) is 41.7 Å². The molecule has 0 spiro atoms. The van der Waals surface area contributed by atoms with E-state index >= 15 is 0 Å². The Bertz CT molecular complexity index is 946. The second-order valence-electron chi connectivity index (χ2n) is 6.93. The summed E-state index contributed by atoms with van der Waals surface area (Å²) < 4.78 is 11.4. The first-order chi connectivity index (χ1) is 13.3. The van der Waals surface area contributed by atoms with Gasteiger partial charge in [0.2, 0.25) is 0 Å². The molecule has 0 radical (unpaired) electrons. The molecule has 0 atom stereocenters. The number of fused-ring (bicyclic) bond motifs is 2. The fourth-order valence-electron chi connectivity index (χ4n) is 3.75. The maximum absolute atomic E-state index is 13.0. The van der Waals surface area contributed by atoms with Crippen LogP contribution in [0.3, 0.4) is 0 Å². The van der Waals surface area contributed by atoms with E-state index in [1.54, 1.807) is 0 Å². The monoisotopic (exact) mass is 367 g/mol. The molecule has 4 heterocycles. The van der Waals surface area contributed by atoms with Crippen LogP contribution >= 0.6 is 0 Å². The van der Waals surface area contributed by atoms with Gasteiger partial charge in [0.15, 0.2) is 11.3 Å². The summed E-state index contributed by atoms with van der Waals surface area (Å²) in [4.78, 5) is 21.6. The normalized spacial score (nSPS) is 17.8. The lowest BCUT2D eigenvalue weighted by Gasteiger charge is -2.21. The van der Waals surface area contributed by atoms with E-state index in [9.17, 15) is 4.79 Å². The summed E-state index contributed by atoms with van der Waals surface area (Å²) in [6, 6.07) is 8.37. The number of oxazole rings is 1. The average molecular weight is 367 g/mol. The number of aromatic amines is 1. The van der Waals surface area contributed by atoms with Gasteiger partial charge in [-0.15, -0.1) is 0 Å². The molecule has 0 unspecified atom stereocenters. The van der Waals surface area contributed by atoms with Crippen LogP contribution in [0.5, 0.6) is 0 Å². The summed E-state index contributed by atoms with van der Waals surface area (Å²) >= 11 is 0. The van der Waals surface area contributed by atoms with Crippen molar-refractivity contribution in [2.24, 2.45) is 0 Å². The van der Waals surface area contributed by atoms with Crippen LogP contribution < -0.4 is 4.90 Å². The molecule has 2 aliphatic heterocycles. The summed E-state index contributed by atoms with van der Waals surface area (Å²) in [7, 11) is 0. The zero-order valence-corrected chi connectivity index (χ0v) is 15.0. The molecule has 1 amide bonds. The maximum atomic E-state index is 13.0. The van der Waals surface area contributed by atoms with Crippen molar-refractivity contribution in [1.82, 2.24) is 20.1 Å². The molecule has 2 aromatic heterocycles. The highest BCUT2D eigenvalue weighted by molar-refractivity contribution is 5.94. The van der Waals surface area contributed by atoms with Gasteiger partial charge in [0, 0.05) is 43.9 Å². The molecule has 0 saturated carbocycles. The van der Waals surface area contributed by atoms with E-state index in [2.05, 4.69) is 20.1 Å². The van der Waals surface area contributed by atoms with Gasteiger partial charge in [-0.2, -0.15) is 10.1 Å². The van der Waals surface area contributed by atoms with Crippen molar-refractivity contribution in [3.05, 3.63) is 41.2 Å². The minimum absolute atomic E-state index is 0.0302. The van der Waals surface area contributed by atoms with Crippen molar-refractivity contribution in [2.45, 2.75) is 19.4 Å². The van der Waals surface area contributed by atoms with Gasteiger partial charge in [-0.3, -0.25) is 9.89 Å². The lowest BCUT2D eigenvalue weighted by molar-refractivity contribution is 0.0747. The number of para-hydroxylation sites is 2. The van der Waals surface area contributed by atoms with E-state index in [-0.39, 0.29) is 5.91 Å². The number of carbonyl (C=O) groups excluding carboxylic acids is 1. The van der Waals surface area contributed by atoms with Crippen LogP contribution in [0.2, 0.25) is 0 Å². The number of amides is 1. The van der Waals surface area contributed by atoms with Crippen molar-refractivity contribution in [2.75, 3.05) is 37.7 Å². The Morgan fingerprint density at radius 3 is 3.00 bits per heavy atom. The van der Waals surface area contributed by atoms with E-state index in [4.69, 9.17) is 9.15 Å². The molecule has 1 saturated heterocycles. The Morgan fingerprint density at radius 1 is 1.15 bits per heavy atom. The maximum Gasteiger partial charge on any atom is 0.298 e. The van der Waals surface area contributed by atoms with Crippen LogP contribution in [0.4, 0.5) is 6.01 Å². The van der Waals surface area contributed by atoms with Crippen molar-refractivity contribution in [3.8, 4) is 0 Å². The highest BCUT2D eigenvalue weighted by Crippen LogP contribution is 2.24. The molecule has 2 aliphatic rings. The SMILES string of the molecule is O=C(c1n[nH]c2c1COCC2)N1CCCN(c2nc3ccccc3o2)CC1. The number of carbonyl (C=O) groups is 1. The predicted molar refractivity (Wildman–Crippen MR) is 98.7 cm³/mol. The summed E-state index contributed by atoms with van der Waals surface area (Å²) in [5, 5.41) is 7.27. The van der Waals surface area contributed by atoms with Crippen molar-refractivity contribution in [1.29, 1.82) is 0 Å². The summed E-state index contributed by atoms with van der Waals surface area (Å²) in [5.74, 6) is -0.0302. The number of aromatic nitrogens is 3. The summed E-state index contributed by atoms with van der Waals surface area (Å²) in [5.41, 5.74) is 4.07. The molecule has 3 aromatic rings. The molecule has 0 aliphatic carbocycles. The van der Waals surface area contributed by atoms with Gasteiger partial charge in [0.1, 0.15) is 5.52 Å². The van der Waals surface area contributed by atoms with Crippen LogP contribution in [0, 0.1) is 0 Å². The number of nitrogens with zero attached hydrogens (tertiary/aromatic N) is 4. The molecule has 5 rings (SSSR count). The van der Waals surface area contributed by atoms with E-state index in [1.807, 2.05) is 29.2 Å². The fourth-order valence-corrected chi connectivity index (χ4v) is 3.75. The van der Waals surface area contributed by atoms with Gasteiger partial charge in [-0.1, -0.05) is 12.1 Å². The third-order valence-corrected chi connectivity index (χ3v) is 5.23. The number of benzene rings is 1. The van der Waals surface area contributed by atoms with Crippen molar-refractivity contribution >= 4 is 23.0 Å². The van der Waals surface area contributed by atoms with Gasteiger partial charge in [-0.05, 0) is 18.6 Å². The average Bonchev–Trinajstić information content (AvgIpc) is 3.24. The zero-order chi connectivity index (χ0) is 18.2. The number of nitrogens with one attached hydrogen (secondary N) is 1. The zero-order valence-electron chi connectivity index (χ0n) is 15.0. The molecule has 1 fully saturated rings. The second kappa shape index (κ2) is 6.70.